The highest BCUT2D eigenvalue weighted by atomic mass is 16.6. The Morgan fingerprint density at radius 2 is 0.519 bits per heavy atom. The van der Waals surface area contributed by atoms with E-state index < -0.39 is 6.10 Å². The lowest BCUT2D eigenvalue weighted by Gasteiger charge is -2.18. The van der Waals surface area contributed by atoms with Crippen molar-refractivity contribution in [3.8, 4) is 0 Å². The third-order valence-electron chi connectivity index (χ3n) is 14.0. The summed E-state index contributed by atoms with van der Waals surface area (Å²) in [6.07, 6.45) is 92.2. The molecule has 0 aliphatic heterocycles. The first-order valence-corrected chi connectivity index (χ1v) is 33.0. The van der Waals surface area contributed by atoms with Crippen molar-refractivity contribution in [3.05, 3.63) is 122 Å². The van der Waals surface area contributed by atoms with Gasteiger partial charge in [0.15, 0.2) is 6.10 Å². The predicted molar refractivity (Wildman–Crippen MR) is 343 cm³/mol. The van der Waals surface area contributed by atoms with E-state index in [2.05, 4.69) is 136 Å². The molecule has 0 radical (unpaired) electrons. The molecule has 79 heavy (non-hydrogen) atoms. The summed E-state index contributed by atoms with van der Waals surface area (Å²) in [7, 11) is 0. The van der Waals surface area contributed by atoms with Gasteiger partial charge in [0, 0.05) is 19.3 Å². The maximum Gasteiger partial charge on any atom is 0.306 e. The average molecular weight is 1100 g/mol. The Morgan fingerprint density at radius 1 is 0.266 bits per heavy atom. The molecule has 6 nitrogen and oxygen atoms in total. The van der Waals surface area contributed by atoms with Crippen LogP contribution in [0.15, 0.2) is 122 Å². The zero-order valence-corrected chi connectivity index (χ0v) is 51.6. The summed E-state index contributed by atoms with van der Waals surface area (Å²) in [4.78, 5) is 38.3. The van der Waals surface area contributed by atoms with Gasteiger partial charge in [0.1, 0.15) is 13.2 Å². The van der Waals surface area contributed by atoms with Crippen LogP contribution in [0.2, 0.25) is 0 Å². The molecule has 1 unspecified atom stereocenters. The highest BCUT2D eigenvalue weighted by Crippen LogP contribution is 2.17. The van der Waals surface area contributed by atoms with Crippen molar-refractivity contribution in [2.45, 2.75) is 309 Å². The van der Waals surface area contributed by atoms with Crippen molar-refractivity contribution in [3.63, 3.8) is 0 Å². The number of carbonyl (C=O) groups is 3. The number of rotatable bonds is 59. The fraction of sp³-hybridized carbons (Fsp3) is 0.685. The molecule has 0 heterocycles. The van der Waals surface area contributed by atoms with Gasteiger partial charge in [0.2, 0.25) is 0 Å². The standard InChI is InChI=1S/C73H122O6/c1-4-7-10-13-16-19-22-25-28-30-32-33-34-35-36-37-38-39-41-42-45-48-51-54-57-60-63-66-72(75)78-69-70(68-77-71(74)65-62-59-56-53-50-47-44-27-24-21-18-15-12-9-6-3)79-73(76)67-64-61-58-55-52-49-46-43-40-31-29-26-23-20-17-14-11-8-5-2/h7-8,10-11,16-17,19-20,25-26,28-29,32-33,40,43,49,52,58,61,70H,4-6,9,12-15,18,21-24,27,30-31,34-39,41-42,44-48,50-51,53-57,59-60,62-69H2,1-3H3/b10-7-,11-8-,19-16-,20-17-,28-25-,29-26-,33-32-,43-40-,52-49-,61-58-. The number of hydrogen-bond donors (Lipinski definition) is 0. The number of hydrogen-bond acceptors (Lipinski definition) is 6. The lowest BCUT2D eigenvalue weighted by molar-refractivity contribution is -0.166. The second kappa shape index (κ2) is 66.3. The topological polar surface area (TPSA) is 78.9 Å². The number of allylic oxidation sites excluding steroid dienone is 20. The quantitative estimate of drug-likeness (QED) is 0.0261. The number of ether oxygens (including phenoxy) is 3. The summed E-state index contributed by atoms with van der Waals surface area (Å²) in [6, 6.07) is 0. The van der Waals surface area contributed by atoms with Gasteiger partial charge in [-0.25, -0.2) is 0 Å². The minimum Gasteiger partial charge on any atom is -0.462 e. The van der Waals surface area contributed by atoms with E-state index in [1.165, 1.54) is 154 Å². The molecule has 0 aliphatic carbocycles. The summed E-state index contributed by atoms with van der Waals surface area (Å²) in [6.45, 7) is 6.38. The lowest BCUT2D eigenvalue weighted by atomic mass is 10.0. The van der Waals surface area contributed by atoms with E-state index in [4.69, 9.17) is 14.2 Å². The van der Waals surface area contributed by atoms with Crippen LogP contribution in [0, 0.1) is 0 Å². The molecule has 0 amide bonds. The Labute approximate surface area is 488 Å². The Hall–Kier alpha value is -4.19. The highest BCUT2D eigenvalue weighted by Gasteiger charge is 2.19. The van der Waals surface area contributed by atoms with Crippen LogP contribution in [0.5, 0.6) is 0 Å². The van der Waals surface area contributed by atoms with Crippen molar-refractivity contribution in [1.82, 2.24) is 0 Å². The van der Waals surface area contributed by atoms with Crippen LogP contribution in [-0.4, -0.2) is 37.2 Å². The molecule has 0 N–H and O–H groups in total. The van der Waals surface area contributed by atoms with E-state index in [1.807, 2.05) is 6.08 Å². The molecule has 450 valence electrons. The van der Waals surface area contributed by atoms with E-state index >= 15 is 0 Å². The van der Waals surface area contributed by atoms with Crippen molar-refractivity contribution < 1.29 is 28.6 Å². The molecule has 0 aromatic rings. The molecule has 0 rings (SSSR count). The summed E-state index contributed by atoms with van der Waals surface area (Å²) < 4.78 is 16.9. The monoisotopic (exact) mass is 1090 g/mol. The molecular formula is C73H122O6. The van der Waals surface area contributed by atoms with E-state index in [9.17, 15) is 14.4 Å². The van der Waals surface area contributed by atoms with Crippen molar-refractivity contribution in [2.24, 2.45) is 0 Å². The van der Waals surface area contributed by atoms with Gasteiger partial charge in [-0.2, -0.15) is 0 Å². The molecule has 6 heteroatoms. The minimum absolute atomic E-state index is 0.107. The number of esters is 3. The molecule has 0 bridgehead atoms. The zero-order valence-electron chi connectivity index (χ0n) is 51.6. The van der Waals surface area contributed by atoms with Gasteiger partial charge < -0.3 is 14.2 Å². The number of unbranched alkanes of at least 4 members (excludes halogenated alkanes) is 28. The van der Waals surface area contributed by atoms with Crippen molar-refractivity contribution >= 4 is 17.9 Å². The molecule has 0 aromatic heterocycles. The number of carbonyl (C=O) groups excluding carboxylic acids is 3. The fourth-order valence-corrected chi connectivity index (χ4v) is 9.11. The van der Waals surface area contributed by atoms with E-state index in [0.29, 0.717) is 19.3 Å². The van der Waals surface area contributed by atoms with Crippen LogP contribution in [0.4, 0.5) is 0 Å². The Bertz CT molecular complexity index is 1640. The van der Waals surface area contributed by atoms with Crippen LogP contribution in [0.1, 0.15) is 303 Å². The summed E-state index contributed by atoms with van der Waals surface area (Å²) >= 11 is 0. The molecule has 0 saturated carbocycles. The maximum absolute atomic E-state index is 12.9. The first-order valence-electron chi connectivity index (χ1n) is 33.0. The third-order valence-corrected chi connectivity index (χ3v) is 14.0. The molecular weight excluding hydrogens is 973 g/mol. The van der Waals surface area contributed by atoms with Crippen molar-refractivity contribution in [2.75, 3.05) is 13.2 Å². The summed E-state index contributed by atoms with van der Waals surface area (Å²) in [5.74, 6) is -0.983. The van der Waals surface area contributed by atoms with Crippen LogP contribution in [-0.2, 0) is 28.6 Å². The Balaban J connectivity index is 4.39. The fourth-order valence-electron chi connectivity index (χ4n) is 9.11. The van der Waals surface area contributed by atoms with Gasteiger partial charge in [-0.15, -0.1) is 0 Å². The molecule has 0 spiro atoms. The Kier molecular flexibility index (Phi) is 62.8. The van der Waals surface area contributed by atoms with E-state index in [1.54, 1.807) is 0 Å². The van der Waals surface area contributed by atoms with E-state index in [0.717, 1.165) is 103 Å². The highest BCUT2D eigenvalue weighted by molar-refractivity contribution is 5.71. The summed E-state index contributed by atoms with van der Waals surface area (Å²) in [5, 5.41) is 0. The second-order valence-corrected chi connectivity index (χ2v) is 21.6. The molecule has 0 fully saturated rings. The minimum atomic E-state index is -0.821. The molecule has 0 aromatic carbocycles. The van der Waals surface area contributed by atoms with Gasteiger partial charge in [0.25, 0.3) is 0 Å². The van der Waals surface area contributed by atoms with Gasteiger partial charge in [0.05, 0.1) is 0 Å². The van der Waals surface area contributed by atoms with Crippen LogP contribution in [0.25, 0.3) is 0 Å². The Morgan fingerprint density at radius 3 is 0.823 bits per heavy atom. The van der Waals surface area contributed by atoms with Gasteiger partial charge >= 0.3 is 17.9 Å². The normalized spacial score (nSPS) is 12.9. The molecule has 0 saturated heterocycles. The second-order valence-electron chi connectivity index (χ2n) is 21.6. The van der Waals surface area contributed by atoms with Gasteiger partial charge in [-0.05, 0) is 96.3 Å². The lowest BCUT2D eigenvalue weighted by Crippen LogP contribution is -2.30. The SMILES string of the molecule is CC/C=C\C/C=C\C/C=C\C/C=C\C/C=C\C/C=C\CCC(=O)OC(COC(=O)CCCCCCCCCCCCCCCCC)COC(=O)CCCCCCCCCCCCCCCC/C=C\C/C=C\C/C=C\C/C=C\CC. The van der Waals surface area contributed by atoms with Crippen LogP contribution >= 0.6 is 0 Å². The van der Waals surface area contributed by atoms with Gasteiger partial charge in [-0.3, -0.25) is 14.4 Å². The molecule has 0 aliphatic rings. The molecule has 1 atom stereocenters. The largest absolute Gasteiger partial charge is 0.462 e. The first kappa shape index (κ1) is 74.8. The van der Waals surface area contributed by atoms with E-state index in [-0.39, 0.29) is 37.5 Å². The van der Waals surface area contributed by atoms with Crippen molar-refractivity contribution in [1.29, 1.82) is 0 Å². The smallest absolute Gasteiger partial charge is 0.306 e. The average Bonchev–Trinajstić information content (AvgIpc) is 3.45. The van der Waals surface area contributed by atoms with Gasteiger partial charge in [-0.1, -0.05) is 309 Å². The first-order chi connectivity index (χ1) is 39.0. The maximum atomic E-state index is 12.9. The summed E-state index contributed by atoms with van der Waals surface area (Å²) in [5.41, 5.74) is 0. The zero-order chi connectivity index (χ0) is 57.1. The third kappa shape index (κ3) is 64.5. The van der Waals surface area contributed by atoms with Crippen LogP contribution in [0.3, 0.4) is 0 Å². The van der Waals surface area contributed by atoms with Crippen LogP contribution < -0.4 is 0 Å². The predicted octanol–water partition coefficient (Wildman–Crippen LogP) is 22.8.